The predicted molar refractivity (Wildman–Crippen MR) is 107 cm³/mol. The summed E-state index contributed by atoms with van der Waals surface area (Å²) < 4.78 is 5.59. The van der Waals surface area contributed by atoms with E-state index < -0.39 is 5.60 Å². The first-order valence-electron chi connectivity index (χ1n) is 11.5. The van der Waals surface area contributed by atoms with Crippen molar-refractivity contribution in [3.63, 3.8) is 0 Å². The second-order valence-electron chi connectivity index (χ2n) is 11.5. The van der Waals surface area contributed by atoms with E-state index in [0.717, 1.165) is 30.6 Å². The molecule has 8 atom stereocenters. The van der Waals surface area contributed by atoms with Crippen molar-refractivity contribution < 1.29 is 14.6 Å². The molecule has 3 heteroatoms. The summed E-state index contributed by atoms with van der Waals surface area (Å²) in [4.78, 5) is 11.4. The average molecular weight is 377 g/mol. The lowest BCUT2D eigenvalue weighted by Crippen LogP contribution is -2.55. The van der Waals surface area contributed by atoms with Crippen molar-refractivity contribution in [3.05, 3.63) is 0 Å². The number of rotatable bonds is 2. The van der Waals surface area contributed by atoms with Crippen molar-refractivity contribution in [1.29, 1.82) is 0 Å². The van der Waals surface area contributed by atoms with E-state index in [0.29, 0.717) is 22.7 Å². The number of fused-ring (bicyclic) bond motifs is 5. The molecule has 0 radical (unpaired) electrons. The third-order valence-electron chi connectivity index (χ3n) is 9.80. The van der Waals surface area contributed by atoms with E-state index in [1.54, 1.807) is 6.92 Å². The lowest BCUT2D eigenvalue weighted by atomic mass is 9.44. The van der Waals surface area contributed by atoms with Gasteiger partial charge in [0.2, 0.25) is 0 Å². The zero-order chi connectivity index (χ0) is 19.6. The molecule has 4 rings (SSSR count). The lowest BCUT2D eigenvalue weighted by molar-refractivity contribution is -0.163. The van der Waals surface area contributed by atoms with E-state index in [-0.39, 0.29) is 12.1 Å². The van der Waals surface area contributed by atoms with Crippen LogP contribution in [0.25, 0.3) is 0 Å². The third-order valence-corrected chi connectivity index (χ3v) is 9.80. The fourth-order valence-electron chi connectivity index (χ4n) is 8.72. The largest absolute Gasteiger partial charge is 0.463 e. The fourth-order valence-corrected chi connectivity index (χ4v) is 8.72. The topological polar surface area (TPSA) is 46.5 Å². The van der Waals surface area contributed by atoms with Crippen LogP contribution < -0.4 is 0 Å². The highest BCUT2D eigenvalue weighted by atomic mass is 16.5. The van der Waals surface area contributed by atoms with Gasteiger partial charge in [0.15, 0.2) is 0 Å². The predicted octanol–water partition coefficient (Wildman–Crippen LogP) is 5.35. The molecule has 0 aromatic rings. The Hall–Kier alpha value is -0.570. The average Bonchev–Trinajstić information content (AvgIpc) is 2.92. The van der Waals surface area contributed by atoms with Crippen LogP contribution in [-0.4, -0.2) is 22.8 Å². The highest BCUT2D eigenvalue weighted by Crippen LogP contribution is 2.68. The number of carbonyl (C=O) groups is 1. The number of ether oxygens (including phenoxy) is 1. The summed E-state index contributed by atoms with van der Waals surface area (Å²) in [7, 11) is 0. The van der Waals surface area contributed by atoms with Gasteiger partial charge in [-0.05, 0) is 112 Å². The minimum atomic E-state index is -0.556. The molecule has 0 bridgehead atoms. The Balaban J connectivity index is 1.54. The standard InChI is InChI=1S/C24H40O3/c1-15(25)27-17-10-12-23(4)16(14-17)6-7-18-19-8-9-21(22(2,3)26)24(19,5)13-11-20(18)23/h16-21,26H,6-14H2,1-5H3/t16-,17+,18+,19+,20+,21-,23-,24+/m0/s1. The summed E-state index contributed by atoms with van der Waals surface area (Å²) in [6.45, 7) is 10.7. The van der Waals surface area contributed by atoms with Crippen molar-refractivity contribution >= 4 is 5.97 Å². The van der Waals surface area contributed by atoms with Crippen LogP contribution in [0.2, 0.25) is 0 Å². The number of carbonyl (C=O) groups excluding carboxylic acids is 1. The van der Waals surface area contributed by atoms with E-state index in [9.17, 15) is 9.90 Å². The van der Waals surface area contributed by atoms with E-state index >= 15 is 0 Å². The monoisotopic (exact) mass is 376 g/mol. The summed E-state index contributed by atoms with van der Waals surface area (Å²) in [6.07, 6.45) is 11.3. The number of hydrogen-bond acceptors (Lipinski definition) is 3. The van der Waals surface area contributed by atoms with Gasteiger partial charge in [0.05, 0.1) is 5.60 Å². The first-order valence-corrected chi connectivity index (χ1v) is 11.5. The molecule has 4 fully saturated rings. The Labute approximate surface area is 165 Å². The Morgan fingerprint density at radius 2 is 1.63 bits per heavy atom. The van der Waals surface area contributed by atoms with Crippen LogP contribution in [0.3, 0.4) is 0 Å². The summed E-state index contributed by atoms with van der Waals surface area (Å²) in [5, 5.41) is 10.8. The van der Waals surface area contributed by atoms with Crippen molar-refractivity contribution in [3.8, 4) is 0 Å². The minimum absolute atomic E-state index is 0.116. The summed E-state index contributed by atoms with van der Waals surface area (Å²) in [6, 6.07) is 0. The normalized spacial score (nSPS) is 49.7. The van der Waals surface area contributed by atoms with Crippen LogP contribution >= 0.6 is 0 Å². The molecule has 0 spiro atoms. The van der Waals surface area contributed by atoms with Crippen molar-refractivity contribution in [2.24, 2.45) is 40.4 Å². The van der Waals surface area contributed by atoms with Gasteiger partial charge >= 0.3 is 5.97 Å². The molecule has 0 amide bonds. The minimum Gasteiger partial charge on any atom is -0.463 e. The molecular weight excluding hydrogens is 336 g/mol. The van der Waals surface area contributed by atoms with Gasteiger partial charge in [-0.2, -0.15) is 0 Å². The lowest BCUT2D eigenvalue weighted by Gasteiger charge is -2.61. The smallest absolute Gasteiger partial charge is 0.302 e. The molecule has 3 nitrogen and oxygen atoms in total. The molecule has 0 unspecified atom stereocenters. The Morgan fingerprint density at radius 1 is 0.963 bits per heavy atom. The van der Waals surface area contributed by atoms with Gasteiger partial charge < -0.3 is 9.84 Å². The van der Waals surface area contributed by atoms with Gasteiger partial charge in [0, 0.05) is 6.92 Å². The van der Waals surface area contributed by atoms with Gasteiger partial charge in [-0.3, -0.25) is 4.79 Å². The molecule has 0 aliphatic heterocycles. The quantitative estimate of drug-likeness (QED) is 0.661. The first kappa shape index (κ1) is 19.7. The SMILES string of the molecule is CC(=O)O[C@@H]1CC[C@@]2(C)[C@@H](CC[C@H]3[C@H]2CC[C@]2(C)[C@@H]3CC[C@H]2C(C)(C)O)C1. The number of esters is 1. The molecule has 4 aliphatic carbocycles. The van der Waals surface area contributed by atoms with E-state index in [4.69, 9.17) is 4.74 Å². The molecule has 0 aromatic heterocycles. The molecule has 0 aromatic carbocycles. The third kappa shape index (κ3) is 3.07. The number of hydrogen-bond donors (Lipinski definition) is 1. The van der Waals surface area contributed by atoms with E-state index in [1.165, 1.54) is 44.9 Å². The maximum absolute atomic E-state index is 11.4. The summed E-state index contributed by atoms with van der Waals surface area (Å²) in [5.74, 6) is 3.50. The molecular formula is C24H40O3. The maximum atomic E-state index is 11.4. The van der Waals surface area contributed by atoms with Gasteiger partial charge in [-0.1, -0.05) is 13.8 Å². The summed E-state index contributed by atoms with van der Waals surface area (Å²) >= 11 is 0. The van der Waals surface area contributed by atoms with Gasteiger partial charge in [0.1, 0.15) is 6.10 Å². The number of aliphatic hydroxyl groups is 1. The Morgan fingerprint density at radius 3 is 2.30 bits per heavy atom. The highest BCUT2D eigenvalue weighted by Gasteiger charge is 2.61. The zero-order valence-electron chi connectivity index (χ0n) is 18.1. The van der Waals surface area contributed by atoms with Gasteiger partial charge in [-0.25, -0.2) is 0 Å². The Bertz CT molecular complexity index is 593. The summed E-state index contributed by atoms with van der Waals surface area (Å²) in [5.41, 5.74) is 0.185. The van der Waals surface area contributed by atoms with Crippen LogP contribution in [0, 0.1) is 40.4 Å². The molecule has 154 valence electrons. The van der Waals surface area contributed by atoms with E-state index in [2.05, 4.69) is 13.8 Å². The van der Waals surface area contributed by atoms with Crippen molar-refractivity contribution in [2.75, 3.05) is 0 Å². The highest BCUT2D eigenvalue weighted by molar-refractivity contribution is 5.66. The second kappa shape index (κ2) is 6.47. The molecule has 0 saturated heterocycles. The molecule has 4 saturated carbocycles. The maximum Gasteiger partial charge on any atom is 0.302 e. The van der Waals surface area contributed by atoms with Crippen molar-refractivity contribution in [1.82, 2.24) is 0 Å². The van der Waals surface area contributed by atoms with Crippen molar-refractivity contribution in [2.45, 2.75) is 104 Å². The first-order chi connectivity index (χ1) is 12.6. The van der Waals surface area contributed by atoms with Gasteiger partial charge in [-0.15, -0.1) is 0 Å². The second-order valence-corrected chi connectivity index (χ2v) is 11.5. The van der Waals surface area contributed by atoms with Crippen LogP contribution in [-0.2, 0) is 9.53 Å². The molecule has 0 heterocycles. The van der Waals surface area contributed by atoms with Crippen LogP contribution in [0.5, 0.6) is 0 Å². The van der Waals surface area contributed by atoms with Crippen LogP contribution in [0.4, 0.5) is 0 Å². The Kier molecular flexibility index (Phi) is 4.73. The molecule has 27 heavy (non-hydrogen) atoms. The fraction of sp³-hybridized carbons (Fsp3) is 0.958. The van der Waals surface area contributed by atoms with E-state index in [1.807, 2.05) is 13.8 Å². The van der Waals surface area contributed by atoms with Gasteiger partial charge in [0.25, 0.3) is 0 Å². The zero-order valence-corrected chi connectivity index (χ0v) is 18.1. The van der Waals surface area contributed by atoms with Crippen LogP contribution in [0.1, 0.15) is 92.4 Å². The molecule has 4 aliphatic rings. The molecule has 1 N–H and O–H groups in total. The van der Waals surface area contributed by atoms with Crippen LogP contribution in [0.15, 0.2) is 0 Å².